The third-order valence-electron chi connectivity index (χ3n) is 24.0. The lowest BCUT2D eigenvalue weighted by atomic mass is 9.78. The van der Waals surface area contributed by atoms with Gasteiger partial charge in [0, 0.05) is 85.7 Å². The first kappa shape index (κ1) is 84.3. The van der Waals surface area contributed by atoms with Crippen LogP contribution in [-0.2, 0) is 57.5 Å². The monoisotopic (exact) mass is 1490 g/mol. The highest BCUT2D eigenvalue weighted by atomic mass is 35.5. The van der Waals surface area contributed by atoms with Gasteiger partial charge in [-0.3, -0.25) is 52.7 Å². The Kier molecular flexibility index (Phi) is 29.5. The van der Waals surface area contributed by atoms with Crippen molar-refractivity contribution in [1.82, 2.24) is 55.1 Å². The van der Waals surface area contributed by atoms with Gasteiger partial charge in [0.05, 0.1) is 24.5 Å². The molecule has 0 aromatic rings. The van der Waals surface area contributed by atoms with Crippen LogP contribution in [0.15, 0.2) is 0 Å². The van der Waals surface area contributed by atoms with Gasteiger partial charge in [-0.1, -0.05) is 59.8 Å². The average Bonchev–Trinajstić information content (AvgIpc) is 1.77. The SMILES string of the molecule is CCO[C@@H]1C[C@H]2C(=O)NC3(CCCC3)C(=O)N(C)[C@@H](C3CCCC3)C(=O)N(C)[C@H](C)CC(=O)N(C)[C@@H](CC(C)C)C(=O)N[C@@H]([C@@H](C)CC)C(=O)N(C)[C@@H](C)C(=O)N3CC[C@H]3C(=O)N(CC)[C@@H](CC3CCC(C(F)(F)F)CC3)C(=O)N(C)CC(=O)N[C@@H](CCC3CCC(C(F)(F)F)C(Cl)C3)C(=O)N2C1. The topological polar surface area (TPSA) is 259 Å². The normalized spacial score (nSPS) is 32.6. The molecule has 0 bridgehead atoms. The van der Waals surface area contributed by atoms with Crippen molar-refractivity contribution < 1.29 is 83.8 Å². The van der Waals surface area contributed by atoms with Crippen molar-refractivity contribution in [2.45, 2.75) is 287 Å². The number of nitrogens with one attached hydrogen (secondary N) is 3. The molecule has 14 atom stereocenters. The number of fused-ring (bicyclic) bond motifs is 2. The van der Waals surface area contributed by atoms with Gasteiger partial charge in [0.25, 0.3) is 0 Å². The van der Waals surface area contributed by atoms with Gasteiger partial charge in [-0.15, -0.1) is 11.6 Å². The molecule has 103 heavy (non-hydrogen) atoms. The molecule has 1 spiro atoms. The lowest BCUT2D eigenvalue weighted by molar-refractivity contribution is -0.184. The molecule has 7 aliphatic rings. The number of amides is 11. The Morgan fingerprint density at radius 3 is 1.81 bits per heavy atom. The molecule has 4 saturated carbocycles. The Hall–Kier alpha value is -6.00. The number of halogens is 7. The van der Waals surface area contributed by atoms with Crippen LogP contribution in [0.3, 0.4) is 0 Å². The maximum Gasteiger partial charge on any atom is 0.393 e. The minimum atomic E-state index is -4.55. The summed E-state index contributed by atoms with van der Waals surface area (Å²) in [6, 6.07) is -10.7. The summed E-state index contributed by atoms with van der Waals surface area (Å²) in [5, 5.41) is 7.51. The molecule has 0 aromatic heterocycles. The highest BCUT2D eigenvalue weighted by Crippen LogP contribution is 2.45. The summed E-state index contributed by atoms with van der Waals surface area (Å²) in [5.41, 5.74) is -1.56. The second-order valence-electron chi connectivity index (χ2n) is 31.4. The Bertz CT molecular complexity index is 3000. The van der Waals surface area contributed by atoms with Gasteiger partial charge in [0.2, 0.25) is 65.0 Å². The maximum absolute atomic E-state index is 15.6. The molecule has 3 N–H and O–H groups in total. The van der Waals surface area contributed by atoms with E-state index in [4.69, 9.17) is 16.3 Å². The van der Waals surface area contributed by atoms with Crippen LogP contribution in [0.5, 0.6) is 0 Å². The van der Waals surface area contributed by atoms with Crippen LogP contribution in [0.2, 0.25) is 0 Å². The van der Waals surface area contributed by atoms with Crippen molar-refractivity contribution in [2.24, 2.45) is 41.4 Å². The van der Waals surface area contributed by atoms with Crippen molar-refractivity contribution in [3.05, 3.63) is 0 Å². The van der Waals surface area contributed by atoms with E-state index in [-0.39, 0.29) is 141 Å². The van der Waals surface area contributed by atoms with Crippen molar-refractivity contribution in [3.8, 4) is 0 Å². The molecule has 3 saturated heterocycles. The van der Waals surface area contributed by atoms with Gasteiger partial charge in [-0.25, -0.2) is 0 Å². The Morgan fingerprint density at radius 1 is 0.621 bits per heavy atom. The zero-order valence-corrected chi connectivity index (χ0v) is 63.6. The van der Waals surface area contributed by atoms with Gasteiger partial charge in [-0.05, 0) is 160 Å². The van der Waals surface area contributed by atoms with Gasteiger partial charge >= 0.3 is 12.4 Å². The largest absolute Gasteiger partial charge is 0.393 e. The van der Waals surface area contributed by atoms with E-state index in [0.717, 1.165) is 17.7 Å². The van der Waals surface area contributed by atoms with Crippen LogP contribution < -0.4 is 16.0 Å². The summed E-state index contributed by atoms with van der Waals surface area (Å²) in [5.74, 6) is -12.4. The van der Waals surface area contributed by atoms with Crippen molar-refractivity contribution >= 4 is 76.6 Å². The zero-order valence-electron chi connectivity index (χ0n) is 62.8. The van der Waals surface area contributed by atoms with Crippen LogP contribution in [-0.4, -0.2) is 256 Å². The number of nitrogens with zero attached hydrogens (tertiary/aromatic N) is 8. The third kappa shape index (κ3) is 20.2. The van der Waals surface area contributed by atoms with E-state index in [0.29, 0.717) is 32.1 Å². The molecular weight excluding hydrogens is 1370 g/mol. The van der Waals surface area contributed by atoms with E-state index in [1.807, 2.05) is 20.8 Å². The van der Waals surface area contributed by atoms with E-state index >= 15 is 28.8 Å². The molecule has 3 heterocycles. The minimum Gasteiger partial charge on any atom is -0.377 e. The standard InChI is InChI=1S/C73H116ClF6N11O12/c1-14-43(6)60-68(100)86(11)45(8)64(96)90-34-31-54(90)67(99)89(15-2)57(38-47-23-27-49(28-24-47)72(75,76)77)66(98)84(9)41-58(92)81-53(30-26-46-25-29-51(52(74)37-46)73(78,79)80)65(97)91-40-50(103-16-3)39-56(91)63(95)83-71(32-19-20-33-71)70(102)88(13)61(48-21-17-18-22-48)69(101)85(10)44(7)36-59(93)87(12)55(35-42(4)5)62(94)82-60/h42-57,60-61H,14-41H2,1-13H3,(H,81,92)(H,82,94)(H,83,95)/t43-,44+,45-,46?,47?,49?,50+,51?,52?,53-,54-,55-,56-,57-,60-,61-/m0/s1. The quantitative estimate of drug-likeness (QED) is 0.118. The first-order chi connectivity index (χ1) is 48.3. The van der Waals surface area contributed by atoms with Gasteiger partial charge < -0.3 is 59.9 Å². The predicted octanol–water partition coefficient (Wildman–Crippen LogP) is 7.83. The van der Waals surface area contributed by atoms with Crippen molar-refractivity contribution in [3.63, 3.8) is 0 Å². The second kappa shape index (κ2) is 36.1. The zero-order chi connectivity index (χ0) is 76.5. The first-order valence-electron chi connectivity index (χ1n) is 37.8. The number of ether oxygens (including phenoxy) is 1. The van der Waals surface area contributed by atoms with Crippen LogP contribution in [0, 0.1) is 41.4 Å². The second-order valence-corrected chi connectivity index (χ2v) is 31.9. The molecule has 3 aliphatic heterocycles. The van der Waals surface area contributed by atoms with E-state index in [1.54, 1.807) is 34.7 Å². The van der Waals surface area contributed by atoms with Gasteiger partial charge in [0.1, 0.15) is 53.9 Å². The highest BCUT2D eigenvalue weighted by Gasteiger charge is 2.54. The Labute approximate surface area is 609 Å². The summed E-state index contributed by atoms with van der Waals surface area (Å²) < 4.78 is 90.5. The molecule has 584 valence electrons. The highest BCUT2D eigenvalue weighted by molar-refractivity contribution is 6.20. The fraction of sp³-hybridized carbons (Fsp3) is 0.849. The van der Waals surface area contributed by atoms with Crippen LogP contribution >= 0.6 is 11.6 Å². The number of rotatable bonds is 13. The van der Waals surface area contributed by atoms with Crippen molar-refractivity contribution in [1.29, 1.82) is 0 Å². The Balaban J connectivity index is 1.29. The van der Waals surface area contributed by atoms with Gasteiger partial charge in [0.15, 0.2) is 0 Å². The summed E-state index contributed by atoms with van der Waals surface area (Å²) in [4.78, 5) is 176. The minimum absolute atomic E-state index is 0.0471. The van der Waals surface area contributed by atoms with E-state index in [2.05, 4.69) is 16.0 Å². The molecule has 30 heteroatoms. The molecule has 11 amide bonds. The van der Waals surface area contributed by atoms with E-state index in [1.165, 1.54) is 69.4 Å². The number of hydrogen-bond acceptors (Lipinski definition) is 12. The summed E-state index contributed by atoms with van der Waals surface area (Å²) >= 11 is 6.42. The first-order valence-corrected chi connectivity index (χ1v) is 38.3. The number of alkyl halides is 7. The van der Waals surface area contributed by atoms with Crippen LogP contribution in [0.4, 0.5) is 26.3 Å². The van der Waals surface area contributed by atoms with E-state index < -0.39 is 185 Å². The molecule has 0 aromatic carbocycles. The summed E-state index contributed by atoms with van der Waals surface area (Å²) in [6.07, 6.45) is -5.95. The number of carbonyl (C=O) groups excluding carboxylic acids is 11. The fourth-order valence-corrected chi connectivity index (χ4v) is 17.6. The lowest BCUT2D eigenvalue weighted by Crippen LogP contribution is -2.65. The molecule has 4 aliphatic carbocycles. The van der Waals surface area contributed by atoms with Crippen molar-refractivity contribution in [2.75, 3.05) is 68.0 Å². The predicted molar refractivity (Wildman–Crippen MR) is 373 cm³/mol. The molecular formula is C73H116ClF6N11O12. The van der Waals surface area contributed by atoms with Crippen LogP contribution in [0.1, 0.15) is 203 Å². The number of hydrogen-bond donors (Lipinski definition) is 3. The summed E-state index contributed by atoms with van der Waals surface area (Å²) in [6.45, 7) is 13.1. The molecule has 3 unspecified atom stereocenters. The van der Waals surface area contributed by atoms with Gasteiger partial charge in [-0.2, -0.15) is 26.3 Å². The van der Waals surface area contributed by atoms with Crippen LogP contribution in [0.25, 0.3) is 0 Å². The molecule has 23 nitrogen and oxygen atoms in total. The molecule has 7 fully saturated rings. The fourth-order valence-electron chi connectivity index (χ4n) is 17.0. The third-order valence-corrected chi connectivity index (χ3v) is 24.5. The molecule has 0 radical (unpaired) electrons. The summed E-state index contributed by atoms with van der Waals surface area (Å²) in [7, 11) is 7.28. The maximum atomic E-state index is 15.6. The Morgan fingerprint density at radius 2 is 1.25 bits per heavy atom. The number of carbonyl (C=O) groups is 11. The molecule has 7 rings (SSSR count). The average molecular weight is 1490 g/mol. The lowest BCUT2D eigenvalue weighted by Gasteiger charge is -2.46. The number of likely N-dealkylation sites (N-methyl/N-ethyl adjacent to an activating group) is 6. The smallest absolute Gasteiger partial charge is 0.377 e. The van der Waals surface area contributed by atoms with E-state index in [9.17, 15) is 50.3 Å².